The summed E-state index contributed by atoms with van der Waals surface area (Å²) in [6.45, 7) is 3.66. The second-order valence-electron chi connectivity index (χ2n) is 4.42. The summed E-state index contributed by atoms with van der Waals surface area (Å²) in [4.78, 5) is 26.7. The van der Waals surface area contributed by atoms with Gasteiger partial charge in [0.25, 0.3) is 6.29 Å². The number of carbonyl (C=O) groups is 2. The normalized spacial score (nSPS) is 18.5. The van der Waals surface area contributed by atoms with Crippen LogP contribution in [0.4, 0.5) is 0 Å². The van der Waals surface area contributed by atoms with E-state index in [1.165, 1.54) is 11.9 Å². The summed E-state index contributed by atoms with van der Waals surface area (Å²) in [5.41, 5.74) is 0. The van der Waals surface area contributed by atoms with Crippen LogP contribution in [0.15, 0.2) is 5.28 Å². The summed E-state index contributed by atoms with van der Waals surface area (Å²) in [6, 6.07) is 0. The molecule has 1 aliphatic rings. The van der Waals surface area contributed by atoms with Gasteiger partial charge in [-0.15, -0.1) is 5.01 Å². The van der Waals surface area contributed by atoms with Crippen LogP contribution in [0.3, 0.4) is 0 Å². The summed E-state index contributed by atoms with van der Waals surface area (Å²) in [5, 5.41) is 25.0. The number of hydrazine groups is 1. The van der Waals surface area contributed by atoms with Crippen molar-refractivity contribution in [3.63, 3.8) is 0 Å². The molecule has 1 aliphatic heterocycles. The highest BCUT2D eigenvalue weighted by molar-refractivity contribution is 5.70. The van der Waals surface area contributed by atoms with Crippen LogP contribution < -0.4 is 0 Å². The van der Waals surface area contributed by atoms with Gasteiger partial charge >= 0.3 is 11.9 Å². The molecule has 114 valence electrons. The Morgan fingerprint density at radius 1 is 1.50 bits per heavy atom. The summed E-state index contributed by atoms with van der Waals surface area (Å²) in [6.07, 6.45) is 0.0151. The van der Waals surface area contributed by atoms with Gasteiger partial charge in [-0.1, -0.05) is 6.92 Å². The summed E-state index contributed by atoms with van der Waals surface area (Å²) >= 11 is 0. The fourth-order valence-electron chi connectivity index (χ4n) is 1.73. The fourth-order valence-corrected chi connectivity index (χ4v) is 1.73. The van der Waals surface area contributed by atoms with Gasteiger partial charge in [-0.05, 0) is 12.8 Å². The number of carbonyl (C=O) groups excluding carboxylic acids is 1. The lowest BCUT2D eigenvalue weighted by Gasteiger charge is -2.25. The monoisotopic (exact) mass is 289 g/mol. The molecule has 0 aromatic heterocycles. The molecule has 1 heterocycles. The van der Waals surface area contributed by atoms with Crippen LogP contribution in [-0.2, 0) is 19.2 Å². The molecule has 1 unspecified atom stereocenters. The number of hydrogen-bond acceptors (Lipinski definition) is 6. The van der Waals surface area contributed by atoms with E-state index >= 15 is 0 Å². The molecule has 0 bridgehead atoms. The third-order valence-corrected chi connectivity index (χ3v) is 2.91. The molecular weight excluding hydrogens is 270 g/mol. The van der Waals surface area contributed by atoms with Gasteiger partial charge in [-0.3, -0.25) is 14.4 Å². The molecule has 0 aromatic carbocycles. The maximum absolute atomic E-state index is 11.6. The van der Waals surface area contributed by atoms with Crippen LogP contribution in [0.25, 0.3) is 0 Å². The number of hydrogen-bond donors (Lipinski definition) is 1. The molecule has 20 heavy (non-hydrogen) atoms. The van der Waals surface area contributed by atoms with E-state index in [-0.39, 0.29) is 24.5 Å². The van der Waals surface area contributed by atoms with Gasteiger partial charge in [0.2, 0.25) is 5.28 Å². The van der Waals surface area contributed by atoms with Gasteiger partial charge in [0.05, 0.1) is 24.0 Å². The van der Waals surface area contributed by atoms with Crippen molar-refractivity contribution in [3.8, 4) is 0 Å². The van der Waals surface area contributed by atoms with Gasteiger partial charge in [0.1, 0.15) is 0 Å². The van der Waals surface area contributed by atoms with Crippen molar-refractivity contribution in [1.29, 1.82) is 0 Å². The molecule has 0 aliphatic carbocycles. The van der Waals surface area contributed by atoms with Crippen molar-refractivity contribution in [2.45, 2.75) is 39.4 Å². The molecule has 0 saturated carbocycles. The molecule has 9 nitrogen and oxygen atoms in total. The molecular formula is C11H19N3O6. The van der Waals surface area contributed by atoms with Crippen molar-refractivity contribution in [2.75, 3.05) is 13.1 Å². The van der Waals surface area contributed by atoms with Gasteiger partial charge in [-0.25, -0.2) is 0 Å². The highest BCUT2D eigenvalue weighted by atomic mass is 16.8. The van der Waals surface area contributed by atoms with Crippen LogP contribution in [0, 0.1) is 11.1 Å². The van der Waals surface area contributed by atoms with E-state index in [1.54, 1.807) is 6.92 Å². The second kappa shape index (κ2) is 7.51. The molecule has 1 saturated heterocycles. The van der Waals surface area contributed by atoms with Crippen LogP contribution in [0.5, 0.6) is 0 Å². The maximum atomic E-state index is 11.6. The lowest BCUT2D eigenvalue weighted by atomic mass is 9.98. The van der Waals surface area contributed by atoms with Gasteiger partial charge in [-0.2, -0.15) is 0 Å². The van der Waals surface area contributed by atoms with E-state index in [1.807, 2.05) is 0 Å². The minimum absolute atomic E-state index is 0.206. The third-order valence-electron chi connectivity index (χ3n) is 2.91. The quantitative estimate of drug-likeness (QED) is 0.254. The molecule has 0 spiro atoms. The topological polar surface area (TPSA) is 114 Å². The van der Waals surface area contributed by atoms with Crippen molar-refractivity contribution in [3.05, 3.63) is 5.21 Å². The van der Waals surface area contributed by atoms with Crippen LogP contribution >= 0.6 is 0 Å². The predicted molar refractivity (Wildman–Crippen MR) is 64.9 cm³/mol. The predicted octanol–water partition coefficient (Wildman–Crippen LogP) is 0.891. The van der Waals surface area contributed by atoms with Crippen molar-refractivity contribution < 1.29 is 29.2 Å². The van der Waals surface area contributed by atoms with Crippen molar-refractivity contribution in [1.82, 2.24) is 5.01 Å². The van der Waals surface area contributed by atoms with E-state index in [4.69, 9.17) is 14.7 Å². The number of nitrogens with zero attached hydrogens (tertiary/aromatic N) is 3. The van der Waals surface area contributed by atoms with E-state index in [0.717, 1.165) is 0 Å². The number of rotatable bonds is 6. The lowest BCUT2D eigenvalue weighted by molar-refractivity contribution is -0.715. The van der Waals surface area contributed by atoms with Crippen LogP contribution in [-0.4, -0.2) is 46.4 Å². The number of aliphatic carboxylic acids is 1. The first-order chi connectivity index (χ1) is 9.43. The van der Waals surface area contributed by atoms with Crippen molar-refractivity contribution in [2.24, 2.45) is 11.2 Å². The zero-order valence-electron chi connectivity index (χ0n) is 11.5. The number of esters is 1. The Balaban J connectivity index is 2.38. The number of ether oxygens (including phenoxy) is 1. The Labute approximate surface area is 116 Å². The maximum Gasteiger partial charge on any atom is 0.308 e. The van der Waals surface area contributed by atoms with Crippen molar-refractivity contribution >= 4 is 11.9 Å². The zero-order valence-corrected chi connectivity index (χ0v) is 11.5. The molecule has 0 amide bonds. The van der Waals surface area contributed by atoms with Crippen LogP contribution in [0.1, 0.15) is 33.1 Å². The molecule has 1 N–H and O–H groups in total. The van der Waals surface area contributed by atoms with E-state index in [2.05, 4.69) is 5.28 Å². The fraction of sp³-hybridized carbons (Fsp3) is 0.818. The number of piperidine rings is 1. The smallest absolute Gasteiger partial charge is 0.308 e. The van der Waals surface area contributed by atoms with E-state index in [0.29, 0.717) is 12.8 Å². The summed E-state index contributed by atoms with van der Waals surface area (Å²) in [5.74, 6) is -1.73. The average molecular weight is 289 g/mol. The van der Waals surface area contributed by atoms with Gasteiger partial charge < -0.3 is 15.1 Å². The highest BCUT2D eigenvalue weighted by Crippen LogP contribution is 2.17. The van der Waals surface area contributed by atoms with Gasteiger partial charge in [0.15, 0.2) is 0 Å². The zero-order chi connectivity index (χ0) is 15.1. The number of carboxylic acid groups (broad SMARTS) is 1. The lowest BCUT2D eigenvalue weighted by Crippen LogP contribution is -2.40. The molecule has 0 radical (unpaired) electrons. The van der Waals surface area contributed by atoms with E-state index in [9.17, 15) is 14.8 Å². The Morgan fingerprint density at radius 2 is 2.10 bits per heavy atom. The first kappa shape index (κ1) is 16.0. The second-order valence-corrected chi connectivity index (χ2v) is 4.42. The largest absolute Gasteiger partial charge is 0.569 e. The Morgan fingerprint density at radius 3 is 2.60 bits per heavy atom. The highest BCUT2D eigenvalue weighted by Gasteiger charge is 2.28. The van der Waals surface area contributed by atoms with Gasteiger partial charge in [0, 0.05) is 13.3 Å². The molecule has 1 rings (SSSR count). The average Bonchev–Trinajstić information content (AvgIpc) is 2.44. The van der Waals surface area contributed by atoms with Crippen LogP contribution in [0.2, 0.25) is 0 Å². The molecule has 9 heteroatoms. The number of carboxylic acids is 1. The molecule has 1 atom stereocenters. The van der Waals surface area contributed by atoms with E-state index < -0.39 is 24.1 Å². The third kappa shape index (κ3) is 4.90. The Bertz CT molecular complexity index is 378. The molecule has 1 fully saturated rings. The Hall–Kier alpha value is -2.06. The Kier molecular flexibility index (Phi) is 6.01. The SMILES string of the molecule is CCC(=O)OC(C)O/N=[N+](\[O-])N1CCC(C(=O)O)CC1. The summed E-state index contributed by atoms with van der Waals surface area (Å²) in [7, 11) is 0. The molecule has 0 aromatic rings. The first-order valence-corrected chi connectivity index (χ1v) is 6.45. The minimum atomic E-state index is -0.949. The summed E-state index contributed by atoms with van der Waals surface area (Å²) < 4.78 is 4.77. The first-order valence-electron chi connectivity index (χ1n) is 6.45. The standard InChI is InChI=1S/C11H19N3O6/c1-3-10(15)19-8(2)20-12-14(18)13-6-4-9(5-7-13)11(16)17/h8-9H,3-7H2,1-2H3,(H,16,17)/b14-12-. The minimum Gasteiger partial charge on any atom is -0.569 e.